The van der Waals surface area contributed by atoms with Crippen LogP contribution in [0.5, 0.6) is 5.75 Å². The molecule has 0 spiro atoms. The normalized spacial score (nSPS) is 11.8. The van der Waals surface area contributed by atoms with Gasteiger partial charge in [0.1, 0.15) is 5.75 Å². The maximum atomic E-state index is 9.87. The lowest BCUT2D eigenvalue weighted by Gasteiger charge is -2.09. The van der Waals surface area contributed by atoms with Gasteiger partial charge in [0, 0.05) is 5.56 Å². The van der Waals surface area contributed by atoms with Crippen LogP contribution in [0.1, 0.15) is 70.8 Å². The van der Waals surface area contributed by atoms with Crippen LogP contribution < -0.4 is 0 Å². The lowest BCUT2D eigenvalue weighted by Crippen LogP contribution is -1.87. The number of unbranched alkanes of at least 4 members (excludes halogenated alkanes) is 6. The number of hydrogen-bond donors (Lipinski definition) is 1. The van der Waals surface area contributed by atoms with Gasteiger partial charge in [-0.25, -0.2) is 0 Å². The fourth-order valence-electron chi connectivity index (χ4n) is 2.45. The highest BCUT2D eigenvalue weighted by atomic mass is 16.3. The van der Waals surface area contributed by atoms with Gasteiger partial charge >= 0.3 is 0 Å². The molecule has 0 aromatic heterocycles. The highest BCUT2D eigenvalue weighted by Gasteiger charge is 2.05. The molecule has 0 aliphatic carbocycles. The van der Waals surface area contributed by atoms with E-state index in [0.29, 0.717) is 5.75 Å². The van der Waals surface area contributed by atoms with Gasteiger partial charge in [0.15, 0.2) is 0 Å². The number of phenols is 1. The molecule has 0 bridgehead atoms. The summed E-state index contributed by atoms with van der Waals surface area (Å²) in [5, 5.41) is 9.87. The lowest BCUT2D eigenvalue weighted by atomic mass is 9.98. The van der Waals surface area contributed by atoms with E-state index in [1.54, 1.807) is 6.07 Å². The van der Waals surface area contributed by atoms with Gasteiger partial charge in [-0.2, -0.15) is 0 Å². The van der Waals surface area contributed by atoms with Gasteiger partial charge in [-0.1, -0.05) is 69.7 Å². The second-order valence-electron chi connectivity index (χ2n) is 5.20. The minimum absolute atomic E-state index is 0.401. The Hall–Kier alpha value is -1.24. The Labute approximate surface area is 118 Å². The van der Waals surface area contributed by atoms with Crippen molar-refractivity contribution >= 4 is 5.57 Å². The lowest BCUT2D eigenvalue weighted by molar-refractivity contribution is 0.473. The average Bonchev–Trinajstić information content (AvgIpc) is 2.43. The van der Waals surface area contributed by atoms with Crippen molar-refractivity contribution in [3.05, 3.63) is 35.9 Å². The molecule has 0 amide bonds. The van der Waals surface area contributed by atoms with E-state index in [1.807, 2.05) is 18.2 Å². The minimum Gasteiger partial charge on any atom is -0.507 e. The smallest absolute Gasteiger partial charge is 0.123 e. The predicted octanol–water partition coefficient (Wildman–Crippen LogP) is 5.94. The van der Waals surface area contributed by atoms with Crippen molar-refractivity contribution in [1.29, 1.82) is 0 Å². The van der Waals surface area contributed by atoms with Gasteiger partial charge in [0.2, 0.25) is 0 Å². The van der Waals surface area contributed by atoms with Gasteiger partial charge in [-0.05, 0) is 31.4 Å². The Bertz CT molecular complexity index is 379. The molecule has 0 aliphatic heterocycles. The molecule has 1 aromatic carbocycles. The van der Waals surface area contributed by atoms with E-state index < -0.39 is 0 Å². The Morgan fingerprint density at radius 2 is 1.63 bits per heavy atom. The summed E-state index contributed by atoms with van der Waals surface area (Å²) in [4.78, 5) is 0. The molecule has 0 unspecified atom stereocenters. The Balaban J connectivity index is 2.29. The minimum atomic E-state index is 0.401. The van der Waals surface area contributed by atoms with Crippen LogP contribution >= 0.6 is 0 Å². The van der Waals surface area contributed by atoms with Crippen molar-refractivity contribution in [2.75, 3.05) is 0 Å². The largest absolute Gasteiger partial charge is 0.507 e. The number of benzene rings is 1. The number of rotatable bonds is 9. The van der Waals surface area contributed by atoms with Crippen LogP contribution in [0.25, 0.3) is 5.57 Å². The summed E-state index contributed by atoms with van der Waals surface area (Å²) in [7, 11) is 0. The van der Waals surface area contributed by atoms with E-state index in [-0.39, 0.29) is 0 Å². The van der Waals surface area contributed by atoms with Gasteiger partial charge in [-0.3, -0.25) is 0 Å². The van der Waals surface area contributed by atoms with Crippen LogP contribution in [0.4, 0.5) is 0 Å². The maximum Gasteiger partial charge on any atom is 0.123 e. The van der Waals surface area contributed by atoms with Crippen molar-refractivity contribution in [3.8, 4) is 5.75 Å². The van der Waals surface area contributed by atoms with E-state index in [0.717, 1.165) is 12.0 Å². The summed E-state index contributed by atoms with van der Waals surface area (Å²) < 4.78 is 0. The summed E-state index contributed by atoms with van der Waals surface area (Å²) in [6.45, 7) is 4.31. The molecule has 0 saturated carbocycles. The number of allylic oxidation sites excluding steroid dienone is 2. The molecule has 0 saturated heterocycles. The summed E-state index contributed by atoms with van der Waals surface area (Å²) in [5.41, 5.74) is 2.27. The summed E-state index contributed by atoms with van der Waals surface area (Å²) in [6.07, 6.45) is 12.5. The quantitative estimate of drug-likeness (QED) is 0.545. The van der Waals surface area contributed by atoms with E-state index >= 15 is 0 Å². The summed E-state index contributed by atoms with van der Waals surface area (Å²) in [5.74, 6) is 0.401. The highest BCUT2D eigenvalue weighted by molar-refractivity contribution is 5.69. The predicted molar refractivity (Wildman–Crippen MR) is 84.4 cm³/mol. The number of para-hydroxylation sites is 1. The molecule has 1 heteroatoms. The van der Waals surface area contributed by atoms with Gasteiger partial charge in [0.05, 0.1) is 0 Å². The van der Waals surface area contributed by atoms with Gasteiger partial charge in [-0.15, -0.1) is 0 Å². The highest BCUT2D eigenvalue weighted by Crippen LogP contribution is 2.28. The van der Waals surface area contributed by atoms with Crippen LogP contribution in [0.3, 0.4) is 0 Å². The Kier molecular flexibility index (Phi) is 8.04. The standard InChI is InChI=1S/C18H28O/c1-3-5-6-7-8-9-10-13-16(4-2)17-14-11-12-15-18(17)19/h4,11-12,14-15,19H,3,5-10,13H2,1-2H3. The Morgan fingerprint density at radius 3 is 2.26 bits per heavy atom. The zero-order valence-electron chi connectivity index (χ0n) is 12.5. The fraction of sp³-hybridized carbons (Fsp3) is 0.556. The fourth-order valence-corrected chi connectivity index (χ4v) is 2.45. The van der Waals surface area contributed by atoms with Crippen LogP contribution in [0, 0.1) is 0 Å². The molecule has 0 heterocycles. The van der Waals surface area contributed by atoms with Crippen molar-refractivity contribution in [2.24, 2.45) is 0 Å². The van der Waals surface area contributed by atoms with Crippen molar-refractivity contribution in [1.82, 2.24) is 0 Å². The van der Waals surface area contributed by atoms with Crippen LogP contribution in [-0.2, 0) is 0 Å². The summed E-state index contributed by atoms with van der Waals surface area (Å²) >= 11 is 0. The molecule has 19 heavy (non-hydrogen) atoms. The van der Waals surface area contributed by atoms with E-state index in [1.165, 1.54) is 50.5 Å². The van der Waals surface area contributed by atoms with E-state index in [9.17, 15) is 5.11 Å². The van der Waals surface area contributed by atoms with Crippen LogP contribution in [0.2, 0.25) is 0 Å². The monoisotopic (exact) mass is 260 g/mol. The molecular formula is C18H28O. The van der Waals surface area contributed by atoms with Crippen LogP contribution in [0.15, 0.2) is 30.3 Å². The molecular weight excluding hydrogens is 232 g/mol. The zero-order chi connectivity index (χ0) is 13.9. The molecule has 1 aromatic rings. The first kappa shape index (κ1) is 15.8. The molecule has 1 N–H and O–H groups in total. The third-order valence-corrected chi connectivity index (χ3v) is 3.65. The first-order valence-electron chi connectivity index (χ1n) is 7.73. The molecule has 0 fully saturated rings. The molecule has 1 nitrogen and oxygen atoms in total. The average molecular weight is 260 g/mol. The number of phenolic OH excluding ortho intramolecular Hbond substituents is 1. The molecule has 106 valence electrons. The SMILES string of the molecule is CC=C(CCCCCCCCC)c1ccccc1O. The first-order valence-corrected chi connectivity index (χ1v) is 7.73. The van der Waals surface area contributed by atoms with Crippen molar-refractivity contribution in [2.45, 2.75) is 65.2 Å². The first-order chi connectivity index (χ1) is 9.29. The molecule has 1 rings (SSSR count). The number of aromatic hydroxyl groups is 1. The second-order valence-corrected chi connectivity index (χ2v) is 5.20. The van der Waals surface area contributed by atoms with E-state index in [2.05, 4.69) is 19.9 Å². The maximum absolute atomic E-state index is 9.87. The molecule has 0 aliphatic rings. The van der Waals surface area contributed by atoms with E-state index in [4.69, 9.17) is 0 Å². The van der Waals surface area contributed by atoms with Gasteiger partial charge < -0.3 is 5.11 Å². The second kappa shape index (κ2) is 9.66. The third-order valence-electron chi connectivity index (χ3n) is 3.65. The summed E-state index contributed by atoms with van der Waals surface area (Å²) in [6, 6.07) is 7.64. The molecule has 0 atom stereocenters. The number of hydrogen-bond acceptors (Lipinski definition) is 1. The zero-order valence-corrected chi connectivity index (χ0v) is 12.5. The van der Waals surface area contributed by atoms with Gasteiger partial charge in [0.25, 0.3) is 0 Å². The Morgan fingerprint density at radius 1 is 1.00 bits per heavy atom. The van der Waals surface area contributed by atoms with Crippen molar-refractivity contribution < 1.29 is 5.11 Å². The topological polar surface area (TPSA) is 20.2 Å². The molecule has 0 radical (unpaired) electrons. The van der Waals surface area contributed by atoms with Crippen LogP contribution in [-0.4, -0.2) is 5.11 Å². The third kappa shape index (κ3) is 5.96. The van der Waals surface area contributed by atoms with Crippen molar-refractivity contribution in [3.63, 3.8) is 0 Å².